The molecule has 0 radical (unpaired) electrons. The van der Waals surface area contributed by atoms with Crippen molar-refractivity contribution in [1.82, 2.24) is 10.3 Å². The van der Waals surface area contributed by atoms with E-state index in [2.05, 4.69) is 15.6 Å². The molecule has 1 aromatic heterocycles. The molecule has 0 aliphatic rings. The van der Waals surface area contributed by atoms with Gasteiger partial charge in [0.25, 0.3) is 0 Å². The third-order valence-electron chi connectivity index (χ3n) is 4.16. The summed E-state index contributed by atoms with van der Waals surface area (Å²) in [6.07, 6.45) is 0. The number of fused-ring (bicyclic) bond motifs is 1. The Hall–Kier alpha value is -1.83. The van der Waals surface area contributed by atoms with Crippen LogP contribution in [0.5, 0.6) is 0 Å². The monoisotopic (exact) mass is 449 g/mol. The van der Waals surface area contributed by atoms with Crippen molar-refractivity contribution in [3.8, 4) is 0 Å². The van der Waals surface area contributed by atoms with Gasteiger partial charge in [-0.2, -0.15) is 0 Å². The molecule has 1 atom stereocenters. The number of benzene rings is 2. The summed E-state index contributed by atoms with van der Waals surface area (Å²) in [5, 5.41) is 7.20. The van der Waals surface area contributed by atoms with E-state index in [9.17, 15) is 4.57 Å². The van der Waals surface area contributed by atoms with Gasteiger partial charge in [0.05, 0.1) is 23.4 Å². The summed E-state index contributed by atoms with van der Waals surface area (Å²) in [5.41, 5.74) is 2.81. The summed E-state index contributed by atoms with van der Waals surface area (Å²) in [6, 6.07) is 15.4. The van der Waals surface area contributed by atoms with Crippen molar-refractivity contribution in [2.75, 3.05) is 18.5 Å². The Kier molecular flexibility index (Phi) is 7.38. The number of nitrogens with one attached hydrogen (secondary N) is 2. The van der Waals surface area contributed by atoms with Gasteiger partial charge in [0.15, 0.2) is 16.0 Å². The lowest BCUT2D eigenvalue weighted by atomic mass is 10.2. The average molecular weight is 450 g/mol. The third kappa shape index (κ3) is 5.21. The highest BCUT2D eigenvalue weighted by molar-refractivity contribution is 7.80. The zero-order chi connectivity index (χ0) is 20.9. The molecular formula is C20H24N3O3PS2. The molecule has 9 heteroatoms. The normalized spacial score (nSPS) is 12.7. The molecular weight excluding hydrogens is 425 g/mol. The van der Waals surface area contributed by atoms with Gasteiger partial charge in [-0.15, -0.1) is 0 Å². The third-order valence-corrected chi connectivity index (χ3v) is 7.61. The second kappa shape index (κ2) is 9.78. The molecule has 154 valence electrons. The Morgan fingerprint density at radius 1 is 1.14 bits per heavy atom. The first-order chi connectivity index (χ1) is 14.0. The van der Waals surface area contributed by atoms with Gasteiger partial charge >= 0.3 is 7.60 Å². The van der Waals surface area contributed by atoms with E-state index < -0.39 is 13.4 Å². The van der Waals surface area contributed by atoms with E-state index >= 15 is 0 Å². The molecule has 1 heterocycles. The first-order valence-electron chi connectivity index (χ1n) is 9.34. The Morgan fingerprint density at radius 2 is 1.83 bits per heavy atom. The van der Waals surface area contributed by atoms with Crippen LogP contribution in [0.2, 0.25) is 0 Å². The summed E-state index contributed by atoms with van der Waals surface area (Å²) in [4.78, 5) is 4.62. The lowest BCUT2D eigenvalue weighted by molar-refractivity contribution is 0.210. The zero-order valence-corrected chi connectivity index (χ0v) is 19.1. The predicted molar refractivity (Wildman–Crippen MR) is 124 cm³/mol. The van der Waals surface area contributed by atoms with Crippen LogP contribution in [0, 0.1) is 6.92 Å². The number of thiazole rings is 1. The SMILES string of the molecule is CCOP(=O)(OCC)C(NC(=S)Nc1nc2c(C)cccc2s1)c1ccccc1. The molecule has 0 aliphatic carbocycles. The van der Waals surface area contributed by atoms with Crippen molar-refractivity contribution in [3.63, 3.8) is 0 Å². The number of nitrogens with zero attached hydrogens (tertiary/aromatic N) is 1. The van der Waals surface area contributed by atoms with Crippen LogP contribution in [-0.4, -0.2) is 23.3 Å². The van der Waals surface area contributed by atoms with Crippen LogP contribution < -0.4 is 10.6 Å². The standard InChI is InChI=1S/C20H24N3O3PS2/c1-4-25-27(24,26-5-2)18(15-11-7-6-8-12-15)22-19(28)23-20-21-17-14(3)10-9-13-16(17)29-20/h6-13,18H,4-5H2,1-3H3,(H2,21,22,23,28). The molecule has 2 N–H and O–H groups in total. The zero-order valence-electron chi connectivity index (χ0n) is 16.5. The first kappa shape index (κ1) is 21.9. The van der Waals surface area contributed by atoms with Crippen LogP contribution in [0.3, 0.4) is 0 Å². The Labute approximate surface area is 180 Å². The van der Waals surface area contributed by atoms with Crippen molar-refractivity contribution in [1.29, 1.82) is 0 Å². The molecule has 0 saturated carbocycles. The van der Waals surface area contributed by atoms with E-state index in [-0.39, 0.29) is 13.2 Å². The minimum atomic E-state index is -3.50. The van der Waals surface area contributed by atoms with Gasteiger partial charge < -0.3 is 19.7 Å². The summed E-state index contributed by atoms with van der Waals surface area (Å²) in [5.74, 6) is -0.736. The highest BCUT2D eigenvalue weighted by Gasteiger charge is 2.37. The smallest absolute Gasteiger partial charge is 0.345 e. The maximum absolute atomic E-state index is 13.5. The van der Waals surface area contributed by atoms with Crippen molar-refractivity contribution in [2.45, 2.75) is 26.6 Å². The molecule has 2 aromatic carbocycles. The van der Waals surface area contributed by atoms with E-state index in [4.69, 9.17) is 21.3 Å². The number of hydrogen-bond donors (Lipinski definition) is 2. The molecule has 0 aliphatic heterocycles. The fourth-order valence-corrected chi connectivity index (χ4v) is 6.16. The summed E-state index contributed by atoms with van der Waals surface area (Å²) >= 11 is 7.01. The predicted octanol–water partition coefficient (Wildman–Crippen LogP) is 5.86. The molecule has 0 spiro atoms. The summed E-state index contributed by atoms with van der Waals surface area (Å²) < 4.78 is 25.7. The second-order valence-corrected chi connectivity index (χ2v) is 9.78. The molecule has 3 rings (SSSR count). The molecule has 3 aromatic rings. The van der Waals surface area contributed by atoms with Crippen molar-refractivity contribution in [2.24, 2.45) is 0 Å². The highest BCUT2D eigenvalue weighted by Crippen LogP contribution is 2.59. The Balaban J connectivity index is 1.85. The van der Waals surface area contributed by atoms with E-state index in [1.165, 1.54) is 11.3 Å². The van der Waals surface area contributed by atoms with Gasteiger partial charge in [0, 0.05) is 0 Å². The maximum Gasteiger partial charge on any atom is 0.357 e. The van der Waals surface area contributed by atoms with Crippen molar-refractivity contribution < 1.29 is 13.6 Å². The van der Waals surface area contributed by atoms with Crippen LogP contribution in [-0.2, 0) is 13.6 Å². The minimum absolute atomic E-state index is 0.264. The number of thiocarbonyl (C=S) groups is 1. The quantitative estimate of drug-likeness (QED) is 0.330. The van der Waals surface area contributed by atoms with Gasteiger partial charge in [-0.1, -0.05) is 53.8 Å². The number of aryl methyl sites for hydroxylation is 1. The number of aromatic nitrogens is 1. The first-order valence-corrected chi connectivity index (χ1v) is 12.2. The summed E-state index contributed by atoms with van der Waals surface area (Å²) in [7, 11) is -3.50. The molecule has 0 bridgehead atoms. The van der Waals surface area contributed by atoms with Gasteiger partial charge in [0.2, 0.25) is 0 Å². The number of anilines is 1. The topological polar surface area (TPSA) is 72.5 Å². The van der Waals surface area contributed by atoms with Gasteiger partial charge in [-0.05, 0) is 50.2 Å². The van der Waals surface area contributed by atoms with Gasteiger partial charge in [-0.25, -0.2) is 4.98 Å². The minimum Gasteiger partial charge on any atom is -0.345 e. The molecule has 6 nitrogen and oxygen atoms in total. The van der Waals surface area contributed by atoms with E-state index in [1.54, 1.807) is 13.8 Å². The van der Waals surface area contributed by atoms with Crippen LogP contribution >= 0.6 is 31.2 Å². The lowest BCUT2D eigenvalue weighted by Crippen LogP contribution is -2.33. The van der Waals surface area contributed by atoms with Crippen molar-refractivity contribution >= 4 is 51.6 Å². The molecule has 1 unspecified atom stereocenters. The van der Waals surface area contributed by atoms with E-state index in [0.29, 0.717) is 10.2 Å². The lowest BCUT2D eigenvalue weighted by Gasteiger charge is -2.28. The largest absolute Gasteiger partial charge is 0.357 e. The van der Waals surface area contributed by atoms with E-state index in [0.717, 1.165) is 21.3 Å². The Morgan fingerprint density at radius 3 is 2.45 bits per heavy atom. The van der Waals surface area contributed by atoms with Crippen LogP contribution in [0.25, 0.3) is 10.2 Å². The molecule has 0 fully saturated rings. The molecule has 0 amide bonds. The Bertz CT molecular complexity index is 1020. The fourth-order valence-electron chi connectivity index (χ4n) is 2.92. The molecule has 29 heavy (non-hydrogen) atoms. The number of hydrogen-bond acceptors (Lipinski definition) is 6. The highest BCUT2D eigenvalue weighted by atomic mass is 32.1. The van der Waals surface area contributed by atoms with Crippen LogP contribution in [0.1, 0.15) is 30.8 Å². The van der Waals surface area contributed by atoms with Crippen LogP contribution in [0.15, 0.2) is 48.5 Å². The summed E-state index contributed by atoms with van der Waals surface area (Å²) in [6.45, 7) is 6.12. The number of rotatable bonds is 8. The van der Waals surface area contributed by atoms with Crippen molar-refractivity contribution in [3.05, 3.63) is 59.7 Å². The maximum atomic E-state index is 13.5. The van der Waals surface area contributed by atoms with E-state index in [1.807, 2.05) is 55.5 Å². The number of para-hydroxylation sites is 1. The molecule has 0 saturated heterocycles. The fraction of sp³-hybridized carbons (Fsp3) is 0.300. The van der Waals surface area contributed by atoms with Gasteiger partial charge in [0.1, 0.15) is 0 Å². The van der Waals surface area contributed by atoms with Gasteiger partial charge in [-0.3, -0.25) is 4.57 Å². The van der Waals surface area contributed by atoms with Crippen LogP contribution in [0.4, 0.5) is 5.13 Å². The second-order valence-electron chi connectivity index (χ2n) is 6.23. The average Bonchev–Trinajstić information content (AvgIpc) is 3.11.